The molecule has 0 unspecified atom stereocenters. The monoisotopic (exact) mass is 273 g/mol. The number of nitrogens with zero attached hydrogens (tertiary/aromatic N) is 2. The molecule has 0 aliphatic carbocycles. The number of aromatic amines is 1. The zero-order valence-corrected chi connectivity index (χ0v) is 11.1. The summed E-state index contributed by atoms with van der Waals surface area (Å²) >= 11 is 0. The van der Waals surface area contributed by atoms with E-state index in [1.807, 2.05) is 43.3 Å². The molecule has 3 rings (SSSR count). The Hall–Kier alpha value is -2.43. The minimum atomic E-state index is -0.890. The van der Waals surface area contributed by atoms with Gasteiger partial charge in [0.1, 0.15) is 5.82 Å². The summed E-state index contributed by atoms with van der Waals surface area (Å²) in [5.74, 6) is -1.18. The summed E-state index contributed by atoms with van der Waals surface area (Å²) in [5, 5.41) is 0. The van der Waals surface area contributed by atoms with Crippen molar-refractivity contribution in [1.82, 2.24) is 9.97 Å². The number of hydrogen-bond acceptors (Lipinski definition) is 2. The molecule has 1 N–H and O–H groups in total. The third-order valence-corrected chi connectivity index (χ3v) is 3.18. The summed E-state index contributed by atoms with van der Waals surface area (Å²) in [6, 6.07) is 9.97. The van der Waals surface area contributed by atoms with E-state index < -0.39 is 11.6 Å². The van der Waals surface area contributed by atoms with Crippen molar-refractivity contribution in [1.29, 1.82) is 0 Å². The minimum Gasteiger partial charge on any atom is -0.378 e. The number of aromatic nitrogens is 2. The number of fused-ring (bicyclic) bond motifs is 1. The second-order valence-corrected chi connectivity index (χ2v) is 4.81. The molecule has 0 saturated carbocycles. The van der Waals surface area contributed by atoms with Crippen LogP contribution in [0.4, 0.5) is 14.5 Å². The third kappa shape index (κ3) is 2.11. The van der Waals surface area contributed by atoms with E-state index in [9.17, 15) is 8.78 Å². The number of nitrogens with one attached hydrogen (secondary N) is 1. The minimum absolute atomic E-state index is 0.413. The maximum atomic E-state index is 13.2. The van der Waals surface area contributed by atoms with E-state index in [-0.39, 0.29) is 0 Å². The van der Waals surface area contributed by atoms with E-state index in [1.165, 1.54) is 0 Å². The van der Waals surface area contributed by atoms with E-state index in [0.717, 1.165) is 23.4 Å². The molecule has 0 bridgehead atoms. The molecule has 0 aliphatic rings. The van der Waals surface area contributed by atoms with Crippen LogP contribution in [0.3, 0.4) is 0 Å². The molecular formula is C15H13F2N3. The number of anilines is 1. The van der Waals surface area contributed by atoms with Crippen LogP contribution in [-0.4, -0.2) is 24.1 Å². The van der Waals surface area contributed by atoms with Crippen LogP contribution in [-0.2, 0) is 0 Å². The molecule has 102 valence electrons. The largest absolute Gasteiger partial charge is 0.378 e. The van der Waals surface area contributed by atoms with Crippen LogP contribution in [0.5, 0.6) is 0 Å². The smallest absolute Gasteiger partial charge is 0.161 e. The number of imidazole rings is 1. The van der Waals surface area contributed by atoms with Gasteiger partial charge in [0.05, 0.1) is 11.0 Å². The third-order valence-electron chi connectivity index (χ3n) is 3.18. The summed E-state index contributed by atoms with van der Waals surface area (Å²) < 4.78 is 26.3. The molecule has 0 amide bonds. The van der Waals surface area contributed by atoms with E-state index in [1.54, 1.807) is 0 Å². The summed E-state index contributed by atoms with van der Waals surface area (Å²) in [4.78, 5) is 9.27. The van der Waals surface area contributed by atoms with Crippen molar-refractivity contribution in [2.75, 3.05) is 19.0 Å². The van der Waals surface area contributed by atoms with Gasteiger partial charge >= 0.3 is 0 Å². The van der Waals surface area contributed by atoms with Gasteiger partial charge < -0.3 is 9.88 Å². The zero-order valence-electron chi connectivity index (χ0n) is 11.1. The van der Waals surface area contributed by atoms with Crippen molar-refractivity contribution in [3.8, 4) is 11.4 Å². The predicted molar refractivity (Wildman–Crippen MR) is 75.8 cm³/mol. The number of H-pyrrole nitrogens is 1. The highest BCUT2D eigenvalue weighted by Crippen LogP contribution is 2.24. The topological polar surface area (TPSA) is 31.9 Å². The maximum absolute atomic E-state index is 13.2. The Morgan fingerprint density at radius 1 is 1.00 bits per heavy atom. The molecule has 5 heteroatoms. The van der Waals surface area contributed by atoms with Crippen LogP contribution in [0.1, 0.15) is 0 Å². The molecule has 3 aromatic rings. The lowest BCUT2D eigenvalue weighted by Gasteiger charge is -2.11. The Labute approximate surface area is 114 Å². The van der Waals surface area contributed by atoms with Crippen LogP contribution in [0.25, 0.3) is 22.4 Å². The molecule has 0 atom stereocenters. The fraction of sp³-hybridized carbons (Fsp3) is 0.133. The molecule has 3 nitrogen and oxygen atoms in total. The van der Waals surface area contributed by atoms with Crippen LogP contribution >= 0.6 is 0 Å². The highest BCUT2D eigenvalue weighted by molar-refractivity contribution is 5.79. The highest BCUT2D eigenvalue weighted by Gasteiger charge is 2.10. The number of rotatable bonds is 2. The predicted octanol–water partition coefficient (Wildman–Crippen LogP) is 3.57. The van der Waals surface area contributed by atoms with E-state index in [0.29, 0.717) is 16.9 Å². The van der Waals surface area contributed by atoms with Gasteiger partial charge in [-0.15, -0.1) is 0 Å². The van der Waals surface area contributed by atoms with Gasteiger partial charge in [-0.2, -0.15) is 0 Å². The van der Waals surface area contributed by atoms with Crippen LogP contribution < -0.4 is 4.90 Å². The zero-order chi connectivity index (χ0) is 14.3. The van der Waals surface area contributed by atoms with Gasteiger partial charge in [-0.3, -0.25) is 0 Å². The van der Waals surface area contributed by atoms with Crippen molar-refractivity contribution in [3.63, 3.8) is 0 Å². The van der Waals surface area contributed by atoms with Crippen molar-refractivity contribution >= 4 is 16.7 Å². The molecule has 0 fully saturated rings. The molecule has 1 aromatic heterocycles. The molecule has 0 radical (unpaired) electrons. The van der Waals surface area contributed by atoms with Crippen molar-refractivity contribution in [3.05, 3.63) is 48.0 Å². The lowest BCUT2D eigenvalue weighted by molar-refractivity contribution is 0.510. The Kier molecular flexibility index (Phi) is 2.89. The van der Waals surface area contributed by atoms with Crippen LogP contribution in [0.2, 0.25) is 0 Å². The Balaban J connectivity index is 2.05. The van der Waals surface area contributed by atoms with Gasteiger partial charge in [0, 0.05) is 37.5 Å². The van der Waals surface area contributed by atoms with Crippen LogP contribution in [0, 0.1) is 11.6 Å². The average Bonchev–Trinajstić information content (AvgIpc) is 2.82. The molecule has 20 heavy (non-hydrogen) atoms. The quantitative estimate of drug-likeness (QED) is 0.774. The highest BCUT2D eigenvalue weighted by atomic mass is 19.2. The number of benzene rings is 2. The van der Waals surface area contributed by atoms with Gasteiger partial charge in [-0.1, -0.05) is 0 Å². The van der Waals surface area contributed by atoms with Crippen molar-refractivity contribution in [2.45, 2.75) is 0 Å². The Bertz CT molecular complexity index is 722. The first kappa shape index (κ1) is 12.6. The molecule has 1 heterocycles. The first-order chi connectivity index (χ1) is 9.54. The van der Waals surface area contributed by atoms with Gasteiger partial charge in [0.15, 0.2) is 11.6 Å². The second-order valence-electron chi connectivity index (χ2n) is 4.81. The summed E-state index contributed by atoms with van der Waals surface area (Å²) in [6.45, 7) is 0. The van der Waals surface area contributed by atoms with Gasteiger partial charge in [-0.05, 0) is 24.3 Å². The van der Waals surface area contributed by atoms with E-state index in [4.69, 9.17) is 0 Å². The summed E-state index contributed by atoms with van der Waals surface area (Å²) in [5.41, 5.74) is 2.83. The van der Waals surface area contributed by atoms with E-state index in [2.05, 4.69) is 9.97 Å². The van der Waals surface area contributed by atoms with Gasteiger partial charge in [-0.25, -0.2) is 13.8 Å². The standard InChI is InChI=1S/C15H13F2N3/c1-20(2)10-5-3-9(4-6-10)15-18-13-7-11(16)12(17)8-14(13)19-15/h3-8H,1-2H3,(H,18,19). The Morgan fingerprint density at radius 3 is 2.30 bits per heavy atom. The summed E-state index contributed by atoms with van der Waals surface area (Å²) in [6.07, 6.45) is 0. The molecule has 0 saturated heterocycles. The fourth-order valence-electron chi connectivity index (χ4n) is 2.06. The Morgan fingerprint density at radius 2 is 1.65 bits per heavy atom. The molecular weight excluding hydrogens is 260 g/mol. The SMILES string of the molecule is CN(C)c1ccc(-c2nc3cc(F)c(F)cc3[nH]2)cc1. The second kappa shape index (κ2) is 4.59. The van der Waals surface area contributed by atoms with Crippen molar-refractivity contribution in [2.24, 2.45) is 0 Å². The van der Waals surface area contributed by atoms with Crippen LogP contribution in [0.15, 0.2) is 36.4 Å². The number of halogens is 2. The number of hydrogen-bond donors (Lipinski definition) is 1. The van der Waals surface area contributed by atoms with E-state index >= 15 is 0 Å². The van der Waals surface area contributed by atoms with Crippen molar-refractivity contribution < 1.29 is 8.78 Å². The van der Waals surface area contributed by atoms with Gasteiger partial charge in [0.25, 0.3) is 0 Å². The first-order valence-corrected chi connectivity index (χ1v) is 6.17. The maximum Gasteiger partial charge on any atom is 0.161 e. The molecule has 0 aliphatic heterocycles. The average molecular weight is 273 g/mol. The lowest BCUT2D eigenvalue weighted by atomic mass is 10.2. The summed E-state index contributed by atoms with van der Waals surface area (Å²) in [7, 11) is 3.92. The van der Waals surface area contributed by atoms with Gasteiger partial charge in [0.2, 0.25) is 0 Å². The fourth-order valence-corrected chi connectivity index (χ4v) is 2.06. The molecule has 2 aromatic carbocycles. The lowest BCUT2D eigenvalue weighted by Crippen LogP contribution is -2.07. The molecule has 0 spiro atoms. The normalized spacial score (nSPS) is 11.0. The first-order valence-electron chi connectivity index (χ1n) is 6.17.